The first-order chi connectivity index (χ1) is 11.8. The van der Waals surface area contributed by atoms with Crippen LogP contribution >= 0.6 is 11.3 Å². The molecule has 1 atom stereocenters. The van der Waals surface area contributed by atoms with Gasteiger partial charge in [0.1, 0.15) is 5.01 Å². The minimum absolute atomic E-state index is 0.00453. The van der Waals surface area contributed by atoms with Crippen LogP contribution in [0.3, 0.4) is 0 Å². The number of anilines is 2. The van der Waals surface area contributed by atoms with E-state index in [1.165, 1.54) is 11.3 Å². The molecule has 2 heterocycles. The highest BCUT2D eigenvalue weighted by molar-refractivity contribution is 7.15. The number of carbonyl (C=O) groups is 2. The molecule has 0 unspecified atom stereocenters. The third kappa shape index (κ3) is 3.71. The molecule has 132 valence electrons. The lowest BCUT2D eigenvalue weighted by Gasteiger charge is -2.18. The normalized spacial score (nSPS) is 17.8. The van der Waals surface area contributed by atoms with Crippen molar-refractivity contribution >= 4 is 34.0 Å². The van der Waals surface area contributed by atoms with Crippen LogP contribution in [-0.2, 0) is 9.59 Å². The van der Waals surface area contributed by atoms with E-state index in [0.717, 1.165) is 16.3 Å². The third-order valence-corrected chi connectivity index (χ3v) is 5.22. The minimum atomic E-state index is -0.489. The van der Waals surface area contributed by atoms with E-state index in [-0.39, 0.29) is 17.7 Å². The first-order valence-electron chi connectivity index (χ1n) is 8.26. The second-order valence-corrected chi connectivity index (χ2v) is 8.35. The molecular weight excluding hydrogens is 336 g/mol. The van der Waals surface area contributed by atoms with Gasteiger partial charge in [-0.15, -0.1) is 10.2 Å². The fraction of sp³-hybridized carbons (Fsp3) is 0.444. The van der Waals surface area contributed by atoms with E-state index in [4.69, 9.17) is 0 Å². The lowest BCUT2D eigenvalue weighted by Crippen LogP contribution is -2.27. The van der Waals surface area contributed by atoms with Crippen LogP contribution in [0.4, 0.5) is 10.8 Å². The molecule has 0 bridgehead atoms. The van der Waals surface area contributed by atoms with Crippen LogP contribution in [0.25, 0.3) is 0 Å². The molecule has 0 saturated carbocycles. The van der Waals surface area contributed by atoms with Crippen LogP contribution in [0.2, 0.25) is 0 Å². The summed E-state index contributed by atoms with van der Waals surface area (Å²) in [6.07, 6.45) is 0.413. The molecule has 2 amide bonds. The quantitative estimate of drug-likeness (QED) is 0.913. The Labute approximate surface area is 151 Å². The van der Waals surface area contributed by atoms with Gasteiger partial charge >= 0.3 is 0 Å². The predicted octanol–water partition coefficient (Wildman–Crippen LogP) is 3.35. The molecule has 1 aliphatic rings. The molecular formula is C18H22N4O2S. The van der Waals surface area contributed by atoms with Crippen molar-refractivity contribution in [3.8, 4) is 0 Å². The van der Waals surface area contributed by atoms with Gasteiger partial charge in [0.15, 0.2) is 0 Å². The van der Waals surface area contributed by atoms with E-state index in [1.807, 2.05) is 56.9 Å². The van der Waals surface area contributed by atoms with E-state index >= 15 is 0 Å². The summed E-state index contributed by atoms with van der Waals surface area (Å²) < 4.78 is 0. The number of amides is 2. The molecule has 0 radical (unpaired) electrons. The summed E-state index contributed by atoms with van der Waals surface area (Å²) in [5.41, 5.74) is 1.53. The number of aromatic nitrogens is 2. The van der Waals surface area contributed by atoms with Gasteiger partial charge in [-0.05, 0) is 18.6 Å². The van der Waals surface area contributed by atoms with Crippen LogP contribution in [0, 0.1) is 12.3 Å². The smallest absolute Gasteiger partial charge is 0.231 e. The Morgan fingerprint density at radius 1 is 1.28 bits per heavy atom. The van der Waals surface area contributed by atoms with E-state index in [9.17, 15) is 9.59 Å². The van der Waals surface area contributed by atoms with Crippen molar-refractivity contribution in [3.05, 3.63) is 34.8 Å². The zero-order chi connectivity index (χ0) is 18.2. The van der Waals surface area contributed by atoms with Gasteiger partial charge in [0.25, 0.3) is 0 Å². The molecule has 1 aromatic carbocycles. The van der Waals surface area contributed by atoms with Crippen molar-refractivity contribution in [2.75, 3.05) is 16.8 Å². The maximum absolute atomic E-state index is 12.4. The Morgan fingerprint density at radius 3 is 2.68 bits per heavy atom. The van der Waals surface area contributed by atoms with Gasteiger partial charge < -0.3 is 10.2 Å². The summed E-state index contributed by atoms with van der Waals surface area (Å²) in [6, 6.07) is 7.87. The van der Waals surface area contributed by atoms with E-state index in [1.54, 1.807) is 0 Å². The van der Waals surface area contributed by atoms with Crippen molar-refractivity contribution in [1.29, 1.82) is 0 Å². The van der Waals surface area contributed by atoms with Gasteiger partial charge in [-0.1, -0.05) is 50.3 Å². The van der Waals surface area contributed by atoms with Crippen molar-refractivity contribution in [1.82, 2.24) is 10.2 Å². The maximum atomic E-state index is 12.4. The van der Waals surface area contributed by atoms with Crippen molar-refractivity contribution in [2.24, 2.45) is 5.41 Å². The lowest BCUT2D eigenvalue weighted by atomic mass is 9.96. The van der Waals surface area contributed by atoms with Gasteiger partial charge in [-0.25, -0.2) is 0 Å². The Kier molecular flexibility index (Phi) is 4.60. The SMILES string of the molecule is Cc1ccccc1N1C[C@H](c2nnc(NC(=O)C(C)(C)C)s2)CC1=O. The zero-order valence-corrected chi connectivity index (χ0v) is 15.7. The van der Waals surface area contributed by atoms with Crippen molar-refractivity contribution in [2.45, 2.75) is 40.0 Å². The van der Waals surface area contributed by atoms with Gasteiger partial charge in [0, 0.05) is 30.0 Å². The Bertz CT molecular complexity index is 809. The number of hydrogen-bond acceptors (Lipinski definition) is 5. The number of para-hydroxylation sites is 1. The van der Waals surface area contributed by atoms with Crippen LogP contribution < -0.4 is 10.2 Å². The van der Waals surface area contributed by atoms with Crippen molar-refractivity contribution < 1.29 is 9.59 Å². The predicted molar refractivity (Wildman–Crippen MR) is 98.9 cm³/mol. The topological polar surface area (TPSA) is 75.2 Å². The molecule has 1 saturated heterocycles. The first-order valence-corrected chi connectivity index (χ1v) is 9.08. The van der Waals surface area contributed by atoms with Crippen LogP contribution in [0.5, 0.6) is 0 Å². The highest BCUT2D eigenvalue weighted by Gasteiger charge is 2.34. The molecule has 1 fully saturated rings. The van der Waals surface area contributed by atoms with Crippen LogP contribution in [0.15, 0.2) is 24.3 Å². The van der Waals surface area contributed by atoms with Crippen LogP contribution in [0.1, 0.15) is 43.7 Å². The third-order valence-electron chi connectivity index (χ3n) is 4.22. The van der Waals surface area contributed by atoms with Gasteiger partial charge in [-0.3, -0.25) is 9.59 Å². The number of aryl methyl sites for hydroxylation is 1. The molecule has 25 heavy (non-hydrogen) atoms. The molecule has 1 N–H and O–H groups in total. The second kappa shape index (κ2) is 6.55. The summed E-state index contributed by atoms with van der Waals surface area (Å²) in [7, 11) is 0. The van der Waals surface area contributed by atoms with Crippen LogP contribution in [-0.4, -0.2) is 28.6 Å². The summed E-state index contributed by atoms with van der Waals surface area (Å²) in [5, 5.41) is 12.3. The Balaban J connectivity index is 1.73. The molecule has 3 rings (SSSR count). The minimum Gasteiger partial charge on any atom is -0.311 e. The number of nitrogens with one attached hydrogen (secondary N) is 1. The Morgan fingerprint density at radius 2 is 2.00 bits per heavy atom. The molecule has 2 aromatic rings. The lowest BCUT2D eigenvalue weighted by molar-refractivity contribution is -0.123. The standard InChI is InChI=1S/C18H22N4O2S/c1-11-7-5-6-8-13(11)22-10-12(9-14(22)23)15-20-21-17(25-15)19-16(24)18(2,3)4/h5-8,12H,9-10H2,1-4H3,(H,19,21,24)/t12-/m1/s1. The summed E-state index contributed by atoms with van der Waals surface area (Å²) in [5.74, 6) is -0.00101. The second-order valence-electron chi connectivity index (χ2n) is 7.34. The van der Waals surface area contributed by atoms with E-state index in [2.05, 4.69) is 15.5 Å². The summed E-state index contributed by atoms with van der Waals surface area (Å²) in [4.78, 5) is 26.3. The highest BCUT2D eigenvalue weighted by Crippen LogP contribution is 2.35. The monoisotopic (exact) mass is 358 g/mol. The number of rotatable bonds is 3. The largest absolute Gasteiger partial charge is 0.311 e. The number of benzene rings is 1. The van der Waals surface area contributed by atoms with Crippen molar-refractivity contribution in [3.63, 3.8) is 0 Å². The van der Waals surface area contributed by atoms with Gasteiger partial charge in [-0.2, -0.15) is 0 Å². The fourth-order valence-corrected chi connectivity index (χ4v) is 3.54. The molecule has 7 heteroatoms. The molecule has 0 aliphatic carbocycles. The van der Waals surface area contributed by atoms with Gasteiger partial charge in [0.05, 0.1) is 0 Å². The molecule has 1 aliphatic heterocycles. The first kappa shape index (κ1) is 17.5. The molecule has 1 aromatic heterocycles. The highest BCUT2D eigenvalue weighted by atomic mass is 32.1. The average molecular weight is 358 g/mol. The molecule has 0 spiro atoms. The Hall–Kier alpha value is -2.28. The van der Waals surface area contributed by atoms with E-state index < -0.39 is 5.41 Å². The number of hydrogen-bond donors (Lipinski definition) is 1. The fourth-order valence-electron chi connectivity index (χ4n) is 2.71. The summed E-state index contributed by atoms with van der Waals surface area (Å²) >= 11 is 1.34. The number of nitrogens with zero attached hydrogens (tertiary/aromatic N) is 3. The van der Waals surface area contributed by atoms with E-state index in [0.29, 0.717) is 18.1 Å². The number of carbonyl (C=O) groups excluding carboxylic acids is 2. The summed E-state index contributed by atoms with van der Waals surface area (Å²) in [6.45, 7) is 8.13. The maximum Gasteiger partial charge on any atom is 0.231 e. The zero-order valence-electron chi connectivity index (χ0n) is 14.9. The van der Waals surface area contributed by atoms with Gasteiger partial charge in [0.2, 0.25) is 16.9 Å². The molecule has 6 nitrogen and oxygen atoms in total. The average Bonchev–Trinajstić information content (AvgIpc) is 3.14.